The average Bonchev–Trinajstić information content (AvgIpc) is 2.52. The molecule has 0 amide bonds. The van der Waals surface area contributed by atoms with Crippen molar-refractivity contribution in [3.05, 3.63) is 23.9 Å². The molecule has 2 heterocycles. The molecule has 2 N–H and O–H groups in total. The van der Waals surface area contributed by atoms with Gasteiger partial charge in [-0.1, -0.05) is 0 Å². The lowest BCUT2D eigenvalue weighted by Crippen LogP contribution is -2.26. The van der Waals surface area contributed by atoms with Crippen LogP contribution in [-0.4, -0.2) is 22.5 Å². The highest BCUT2D eigenvalue weighted by molar-refractivity contribution is 5.31. The summed E-state index contributed by atoms with van der Waals surface area (Å²) in [5, 5.41) is 0. The maximum absolute atomic E-state index is 5.64. The molecular weight excluding hydrogens is 174 g/mol. The van der Waals surface area contributed by atoms with Gasteiger partial charge < -0.3 is 5.73 Å². The van der Waals surface area contributed by atoms with Gasteiger partial charge >= 0.3 is 0 Å². The van der Waals surface area contributed by atoms with Crippen molar-refractivity contribution < 1.29 is 0 Å². The molecule has 1 aromatic rings. The molecule has 2 rings (SSSR count). The molecule has 1 atom stereocenters. The molecule has 1 aromatic heterocycles. The Balaban J connectivity index is 2.03. The third-order valence-corrected chi connectivity index (χ3v) is 2.92. The summed E-state index contributed by atoms with van der Waals surface area (Å²) in [4.78, 5) is 6.49. The normalized spacial score (nSPS) is 22.8. The molecule has 0 radical (unpaired) electrons. The van der Waals surface area contributed by atoms with Crippen LogP contribution in [0.1, 0.15) is 25.3 Å². The Morgan fingerprint density at radius 1 is 1.64 bits per heavy atom. The molecule has 1 unspecified atom stereocenters. The number of hydrogen-bond acceptors (Lipinski definition) is 3. The molecule has 3 heteroatoms. The van der Waals surface area contributed by atoms with E-state index in [1.807, 2.05) is 12.1 Å². The maximum atomic E-state index is 5.64. The fourth-order valence-electron chi connectivity index (χ4n) is 2.05. The first-order valence-electron chi connectivity index (χ1n) is 5.20. The molecule has 1 aliphatic rings. The first kappa shape index (κ1) is 9.46. The average molecular weight is 191 g/mol. The molecule has 1 saturated heterocycles. The SMILES string of the molecule is CC1CCCN1Cc1ccnc(N)c1. The van der Waals surface area contributed by atoms with Crippen molar-refractivity contribution in [2.75, 3.05) is 12.3 Å². The summed E-state index contributed by atoms with van der Waals surface area (Å²) in [5.41, 5.74) is 6.91. The Kier molecular flexibility index (Phi) is 2.68. The van der Waals surface area contributed by atoms with Crippen LogP contribution in [-0.2, 0) is 6.54 Å². The second-order valence-corrected chi connectivity index (χ2v) is 4.05. The first-order valence-corrected chi connectivity index (χ1v) is 5.20. The van der Waals surface area contributed by atoms with Crippen LogP contribution in [0.5, 0.6) is 0 Å². The summed E-state index contributed by atoms with van der Waals surface area (Å²) < 4.78 is 0. The Morgan fingerprint density at radius 3 is 3.14 bits per heavy atom. The number of anilines is 1. The third kappa shape index (κ3) is 2.04. The number of hydrogen-bond donors (Lipinski definition) is 1. The highest BCUT2D eigenvalue weighted by Crippen LogP contribution is 2.19. The maximum Gasteiger partial charge on any atom is 0.123 e. The van der Waals surface area contributed by atoms with Crippen molar-refractivity contribution >= 4 is 5.82 Å². The number of nitrogen functional groups attached to an aromatic ring is 1. The molecule has 0 bridgehead atoms. The molecule has 76 valence electrons. The molecule has 14 heavy (non-hydrogen) atoms. The van der Waals surface area contributed by atoms with Crippen molar-refractivity contribution in [2.45, 2.75) is 32.4 Å². The summed E-state index contributed by atoms with van der Waals surface area (Å²) >= 11 is 0. The van der Waals surface area contributed by atoms with Crippen LogP contribution in [0.25, 0.3) is 0 Å². The van der Waals surface area contributed by atoms with E-state index in [1.165, 1.54) is 24.9 Å². The molecular formula is C11H17N3. The number of rotatable bonds is 2. The lowest BCUT2D eigenvalue weighted by Gasteiger charge is -2.20. The van der Waals surface area contributed by atoms with Crippen molar-refractivity contribution in [1.82, 2.24) is 9.88 Å². The minimum atomic E-state index is 0.620. The van der Waals surface area contributed by atoms with Gasteiger partial charge in [-0.25, -0.2) is 4.98 Å². The van der Waals surface area contributed by atoms with Crippen molar-refractivity contribution in [3.63, 3.8) is 0 Å². The standard InChI is InChI=1S/C11H17N3/c1-9-3-2-6-14(9)8-10-4-5-13-11(12)7-10/h4-5,7,9H,2-3,6,8H2,1H3,(H2,12,13). The molecule has 0 spiro atoms. The lowest BCUT2D eigenvalue weighted by molar-refractivity contribution is 0.260. The van der Waals surface area contributed by atoms with E-state index in [0.29, 0.717) is 11.9 Å². The number of aromatic nitrogens is 1. The highest BCUT2D eigenvalue weighted by Gasteiger charge is 2.19. The Hall–Kier alpha value is -1.09. The van der Waals surface area contributed by atoms with Crippen molar-refractivity contribution in [2.24, 2.45) is 0 Å². The van der Waals surface area contributed by atoms with E-state index in [0.717, 1.165) is 6.54 Å². The van der Waals surface area contributed by atoms with Gasteiger partial charge in [0, 0.05) is 18.8 Å². The lowest BCUT2D eigenvalue weighted by atomic mass is 10.2. The first-order chi connectivity index (χ1) is 6.75. The van der Waals surface area contributed by atoms with Crippen LogP contribution < -0.4 is 5.73 Å². The molecule has 1 aliphatic heterocycles. The predicted molar refractivity (Wildman–Crippen MR) is 57.8 cm³/mol. The molecule has 3 nitrogen and oxygen atoms in total. The topological polar surface area (TPSA) is 42.2 Å². The second-order valence-electron chi connectivity index (χ2n) is 4.05. The highest BCUT2D eigenvalue weighted by atomic mass is 15.2. The minimum absolute atomic E-state index is 0.620. The molecule has 0 aliphatic carbocycles. The van der Waals surface area contributed by atoms with Gasteiger partial charge in [-0.3, -0.25) is 4.90 Å². The van der Waals surface area contributed by atoms with Gasteiger partial charge in [0.05, 0.1) is 0 Å². The Labute approximate surface area is 84.9 Å². The zero-order valence-electron chi connectivity index (χ0n) is 8.61. The fraction of sp³-hybridized carbons (Fsp3) is 0.545. The van der Waals surface area contributed by atoms with Gasteiger partial charge in [0.25, 0.3) is 0 Å². The number of nitrogens with two attached hydrogens (primary N) is 1. The third-order valence-electron chi connectivity index (χ3n) is 2.92. The summed E-state index contributed by atoms with van der Waals surface area (Å²) in [6.07, 6.45) is 4.42. The van der Waals surface area contributed by atoms with Crippen molar-refractivity contribution in [3.8, 4) is 0 Å². The van der Waals surface area contributed by atoms with Crippen LogP contribution >= 0.6 is 0 Å². The van der Waals surface area contributed by atoms with E-state index in [1.54, 1.807) is 6.20 Å². The Bertz CT molecular complexity index is 311. The van der Waals surface area contributed by atoms with Gasteiger partial charge in [0.15, 0.2) is 0 Å². The van der Waals surface area contributed by atoms with Crippen LogP contribution in [0.2, 0.25) is 0 Å². The molecule has 1 fully saturated rings. The zero-order valence-corrected chi connectivity index (χ0v) is 8.61. The van der Waals surface area contributed by atoms with Gasteiger partial charge in [-0.2, -0.15) is 0 Å². The van der Waals surface area contributed by atoms with Gasteiger partial charge in [0.1, 0.15) is 5.82 Å². The monoisotopic (exact) mass is 191 g/mol. The number of likely N-dealkylation sites (tertiary alicyclic amines) is 1. The minimum Gasteiger partial charge on any atom is -0.384 e. The summed E-state index contributed by atoms with van der Waals surface area (Å²) in [6.45, 7) is 4.51. The van der Waals surface area contributed by atoms with Gasteiger partial charge in [0.2, 0.25) is 0 Å². The largest absolute Gasteiger partial charge is 0.384 e. The van der Waals surface area contributed by atoms with E-state index >= 15 is 0 Å². The van der Waals surface area contributed by atoms with E-state index in [2.05, 4.69) is 16.8 Å². The Morgan fingerprint density at radius 2 is 2.50 bits per heavy atom. The predicted octanol–water partition coefficient (Wildman–Crippen LogP) is 1.65. The zero-order chi connectivity index (χ0) is 9.97. The van der Waals surface area contributed by atoms with Gasteiger partial charge in [-0.05, 0) is 44.0 Å². The van der Waals surface area contributed by atoms with E-state index in [4.69, 9.17) is 5.73 Å². The van der Waals surface area contributed by atoms with E-state index in [-0.39, 0.29) is 0 Å². The van der Waals surface area contributed by atoms with Crippen LogP contribution in [0, 0.1) is 0 Å². The summed E-state index contributed by atoms with van der Waals surface area (Å²) in [7, 11) is 0. The smallest absolute Gasteiger partial charge is 0.123 e. The van der Waals surface area contributed by atoms with Crippen LogP contribution in [0.15, 0.2) is 18.3 Å². The summed E-state index contributed by atoms with van der Waals surface area (Å²) in [5.74, 6) is 0.620. The summed E-state index contributed by atoms with van der Waals surface area (Å²) in [6, 6.07) is 4.72. The molecule has 0 aromatic carbocycles. The second kappa shape index (κ2) is 3.96. The van der Waals surface area contributed by atoms with Crippen LogP contribution in [0.3, 0.4) is 0 Å². The van der Waals surface area contributed by atoms with E-state index < -0.39 is 0 Å². The van der Waals surface area contributed by atoms with E-state index in [9.17, 15) is 0 Å². The van der Waals surface area contributed by atoms with Gasteiger partial charge in [-0.15, -0.1) is 0 Å². The fourth-order valence-corrected chi connectivity index (χ4v) is 2.05. The quantitative estimate of drug-likeness (QED) is 0.773. The number of nitrogens with zero attached hydrogens (tertiary/aromatic N) is 2. The van der Waals surface area contributed by atoms with Crippen molar-refractivity contribution in [1.29, 1.82) is 0 Å². The molecule has 0 saturated carbocycles. The number of pyridine rings is 1. The van der Waals surface area contributed by atoms with Crippen LogP contribution in [0.4, 0.5) is 5.82 Å².